The number of benzene rings is 4. The summed E-state index contributed by atoms with van der Waals surface area (Å²) in [5.74, 6) is -1.69. The number of hydrogen-bond donors (Lipinski definition) is 2. The number of rotatable bonds is 14. The van der Waals surface area contributed by atoms with Crippen molar-refractivity contribution in [2.75, 3.05) is 26.4 Å². The van der Waals surface area contributed by atoms with E-state index in [9.17, 15) is 27.2 Å². The van der Waals surface area contributed by atoms with E-state index in [0.29, 0.717) is 22.6 Å². The highest BCUT2D eigenvalue weighted by molar-refractivity contribution is 5.96. The molecule has 2 amide bonds. The molecule has 14 heteroatoms. The Morgan fingerprint density at radius 2 is 1.17 bits per heavy atom. The second-order valence-corrected chi connectivity index (χ2v) is 11.1. The molecule has 2 aromatic heterocycles. The molecule has 0 spiro atoms. The lowest BCUT2D eigenvalue weighted by Crippen LogP contribution is -2.26. The van der Waals surface area contributed by atoms with Gasteiger partial charge in [-0.1, -0.05) is 30.3 Å². The number of hydrogen-bond acceptors (Lipinski definition) is 8. The monoisotopic (exact) mass is 740 g/mol. The predicted octanol–water partition coefficient (Wildman–Crippen LogP) is 7.35. The maximum absolute atomic E-state index is 13.2. The molecule has 6 rings (SSSR count). The van der Waals surface area contributed by atoms with Gasteiger partial charge in [-0.2, -0.15) is 0 Å². The third kappa shape index (κ3) is 11.4. The topological polar surface area (TPSA) is 135 Å². The van der Waals surface area contributed by atoms with Gasteiger partial charge in [0.15, 0.2) is 11.4 Å². The van der Waals surface area contributed by atoms with E-state index in [4.69, 9.17) is 24.8 Å². The number of nitrogens with two attached hydrogens (primary N) is 1. The van der Waals surface area contributed by atoms with Crippen molar-refractivity contribution in [1.82, 2.24) is 15.4 Å². The fraction of sp³-hybridized carbons (Fsp3) is 0.100. The minimum atomic E-state index is -0.750. The van der Waals surface area contributed by atoms with Crippen LogP contribution in [0.1, 0.15) is 21.0 Å². The number of aromatic nitrogens is 2. The summed E-state index contributed by atoms with van der Waals surface area (Å²) in [5, 5.41) is 0. The molecule has 0 aliphatic heterocycles. The summed E-state index contributed by atoms with van der Waals surface area (Å²) >= 11 is 0. The van der Waals surface area contributed by atoms with Gasteiger partial charge in [0.05, 0.1) is 0 Å². The Kier molecular flexibility index (Phi) is 13.6. The molecule has 54 heavy (non-hydrogen) atoms. The molecule has 0 unspecified atom stereocenters. The van der Waals surface area contributed by atoms with Gasteiger partial charge in [0.25, 0.3) is 11.8 Å². The third-order valence-corrected chi connectivity index (χ3v) is 7.29. The van der Waals surface area contributed by atoms with Crippen molar-refractivity contribution < 1.29 is 46.2 Å². The highest BCUT2D eigenvalue weighted by atomic mass is 19.1. The maximum Gasteiger partial charge on any atom is 0.293 e. The zero-order chi connectivity index (χ0) is 38.3. The number of carbonyl (C=O) groups excluding carboxylic acids is 2. The molecule has 0 saturated carbocycles. The van der Waals surface area contributed by atoms with E-state index in [0.717, 1.165) is 11.1 Å². The molecular weight excluding hydrogens is 708 g/mol. The molecule has 0 aliphatic rings. The highest BCUT2D eigenvalue weighted by Crippen LogP contribution is 2.32. The van der Waals surface area contributed by atoms with Crippen LogP contribution in [0.5, 0.6) is 17.2 Å². The number of nitrogens with zero attached hydrogens (tertiary/aromatic N) is 2. The summed E-state index contributed by atoms with van der Waals surface area (Å²) in [6.07, 6.45) is 2.92. The van der Waals surface area contributed by atoms with Crippen molar-refractivity contribution in [2.45, 2.75) is 0 Å². The van der Waals surface area contributed by atoms with E-state index in [2.05, 4.69) is 15.4 Å². The molecule has 0 fully saturated rings. The molecule has 10 nitrogen and oxygen atoms in total. The Morgan fingerprint density at radius 3 is 1.83 bits per heavy atom. The lowest BCUT2D eigenvalue weighted by molar-refractivity contribution is 0.0196. The van der Waals surface area contributed by atoms with E-state index in [1.807, 2.05) is 0 Å². The largest absolute Gasteiger partial charge is 0.491 e. The molecule has 0 radical (unpaired) electrons. The summed E-state index contributed by atoms with van der Waals surface area (Å²) in [6, 6.07) is 27.9. The average Bonchev–Trinajstić information content (AvgIpc) is 3.18. The average molecular weight is 741 g/mol. The van der Waals surface area contributed by atoms with Gasteiger partial charge < -0.3 is 19.9 Å². The van der Waals surface area contributed by atoms with Gasteiger partial charge in [0.1, 0.15) is 66.9 Å². The Balaban J connectivity index is 0.000000208. The normalized spacial score (nSPS) is 10.4. The van der Waals surface area contributed by atoms with Crippen molar-refractivity contribution in [1.29, 1.82) is 0 Å². The van der Waals surface area contributed by atoms with Crippen LogP contribution in [0.3, 0.4) is 0 Å². The lowest BCUT2D eigenvalue weighted by Gasteiger charge is -2.14. The zero-order valence-electron chi connectivity index (χ0n) is 28.4. The number of nitrogens with one attached hydrogen (secondary N) is 1. The summed E-state index contributed by atoms with van der Waals surface area (Å²) in [5.41, 5.74) is 10.5. The van der Waals surface area contributed by atoms with Crippen molar-refractivity contribution in [3.8, 4) is 39.5 Å². The minimum absolute atomic E-state index is 0.0393. The fourth-order valence-electron chi connectivity index (χ4n) is 4.76. The predicted molar refractivity (Wildman–Crippen MR) is 190 cm³/mol. The molecule has 2 heterocycles. The van der Waals surface area contributed by atoms with Crippen LogP contribution in [-0.4, -0.2) is 48.2 Å². The van der Waals surface area contributed by atoms with Crippen LogP contribution >= 0.6 is 0 Å². The molecule has 0 aliphatic carbocycles. The summed E-state index contributed by atoms with van der Waals surface area (Å²) < 4.78 is 68.6. The summed E-state index contributed by atoms with van der Waals surface area (Å²) in [4.78, 5) is 36.8. The molecule has 4 aromatic carbocycles. The number of halogens is 4. The first-order valence-corrected chi connectivity index (χ1v) is 16.2. The Morgan fingerprint density at radius 1 is 0.574 bits per heavy atom. The Bertz CT molecular complexity index is 2160. The number of ether oxygens (including phenoxy) is 3. The number of pyridine rings is 2. The third-order valence-electron chi connectivity index (χ3n) is 7.29. The van der Waals surface area contributed by atoms with Gasteiger partial charge in [0, 0.05) is 24.0 Å². The van der Waals surface area contributed by atoms with E-state index in [-0.39, 0.29) is 61.0 Å². The van der Waals surface area contributed by atoms with Gasteiger partial charge in [-0.25, -0.2) is 28.0 Å². The van der Waals surface area contributed by atoms with Crippen LogP contribution in [0.15, 0.2) is 128 Å². The quantitative estimate of drug-likeness (QED) is 0.0673. The van der Waals surface area contributed by atoms with Gasteiger partial charge >= 0.3 is 0 Å². The lowest BCUT2D eigenvalue weighted by atomic mass is 10.0. The molecule has 6 aromatic rings. The second-order valence-electron chi connectivity index (χ2n) is 11.1. The van der Waals surface area contributed by atoms with Gasteiger partial charge in [-0.15, -0.1) is 0 Å². The SMILES string of the molecule is NC(=O)c1nccc(-c2ccc(F)cc2)c1OCCOc1cccc(F)c1.O=C(NOCCOc1ccc(F)cc1)c1cc(-c2ccc(F)cc2)ccn1. The first-order chi connectivity index (χ1) is 26.2. The Hall–Kier alpha value is -6.80. The first kappa shape index (κ1) is 38.4. The number of amides is 2. The van der Waals surface area contributed by atoms with Crippen molar-refractivity contribution >= 4 is 11.8 Å². The molecule has 276 valence electrons. The van der Waals surface area contributed by atoms with E-state index in [1.54, 1.807) is 48.5 Å². The summed E-state index contributed by atoms with van der Waals surface area (Å²) in [7, 11) is 0. The van der Waals surface area contributed by atoms with Gasteiger partial charge in [0.2, 0.25) is 0 Å². The highest BCUT2D eigenvalue weighted by Gasteiger charge is 2.17. The zero-order valence-corrected chi connectivity index (χ0v) is 28.4. The summed E-state index contributed by atoms with van der Waals surface area (Å²) in [6.45, 7) is 0.450. The second kappa shape index (κ2) is 19.2. The van der Waals surface area contributed by atoms with Crippen molar-refractivity contribution in [3.05, 3.63) is 162 Å². The molecule has 0 bridgehead atoms. The van der Waals surface area contributed by atoms with Crippen LogP contribution < -0.4 is 25.4 Å². The van der Waals surface area contributed by atoms with Gasteiger partial charge in [-0.3, -0.25) is 19.4 Å². The first-order valence-electron chi connectivity index (χ1n) is 16.2. The van der Waals surface area contributed by atoms with Crippen molar-refractivity contribution in [2.24, 2.45) is 5.73 Å². The van der Waals surface area contributed by atoms with Crippen LogP contribution in [0, 0.1) is 23.3 Å². The molecule has 0 atom stereocenters. The van der Waals surface area contributed by atoms with Crippen LogP contribution in [-0.2, 0) is 4.84 Å². The van der Waals surface area contributed by atoms with Gasteiger partial charge in [-0.05, 0) is 95.6 Å². The smallest absolute Gasteiger partial charge is 0.293 e. The molecule has 0 saturated heterocycles. The number of hydroxylamine groups is 1. The van der Waals surface area contributed by atoms with E-state index in [1.165, 1.54) is 79.1 Å². The van der Waals surface area contributed by atoms with Crippen LogP contribution in [0.25, 0.3) is 22.3 Å². The standard InChI is InChI=1S/2C20H16F2N2O3/c21-16-3-1-14(2-4-16)15-9-10-23-19(13-15)20(25)24-27-12-11-26-18-7-5-17(22)6-8-18;21-14-6-4-13(5-7-14)17-8-9-24-18(20(23)25)19(17)27-11-10-26-16-3-1-2-15(22)12-16/h1-10,13H,11-12H2,(H,24,25);1-9,12H,10-11H2,(H2,23,25). The van der Waals surface area contributed by atoms with Crippen molar-refractivity contribution in [3.63, 3.8) is 0 Å². The fourth-order valence-corrected chi connectivity index (χ4v) is 4.76. The van der Waals surface area contributed by atoms with Crippen LogP contribution in [0.4, 0.5) is 17.6 Å². The Labute approximate surface area is 307 Å². The van der Waals surface area contributed by atoms with E-state index < -0.39 is 17.6 Å². The molecular formula is C40H32F4N4O6. The maximum atomic E-state index is 13.2. The van der Waals surface area contributed by atoms with E-state index >= 15 is 0 Å². The minimum Gasteiger partial charge on any atom is -0.491 e. The van der Waals surface area contributed by atoms with Crippen LogP contribution in [0.2, 0.25) is 0 Å². The molecule has 3 N–H and O–H groups in total. The number of carbonyl (C=O) groups is 2. The number of primary amides is 1.